The predicted molar refractivity (Wildman–Crippen MR) is 146 cm³/mol. The standard InChI is InChI=1S/C30H24F5N5O2/c1-15-28(16(2)42-38-15)17-6-11-25-24(12-17)37-29(40(25)18-8-10-23(36)20(13-18)30(33,34)35)26-4-3-5-27(41)39(26)19-7-9-21(31)22(32)14-19/h6-14,26H,3-5,36H2,1-2H3/t26-/m0/s1. The van der Waals surface area contributed by atoms with Crippen LogP contribution in [0.1, 0.15) is 48.1 Å². The van der Waals surface area contributed by atoms with E-state index in [1.807, 2.05) is 0 Å². The number of hydrogen-bond donors (Lipinski definition) is 1. The normalized spacial score (nSPS) is 16.0. The van der Waals surface area contributed by atoms with E-state index in [-0.39, 0.29) is 29.5 Å². The van der Waals surface area contributed by atoms with Crippen molar-refractivity contribution in [1.29, 1.82) is 0 Å². The van der Waals surface area contributed by atoms with Crippen molar-refractivity contribution in [1.82, 2.24) is 14.7 Å². The Morgan fingerprint density at radius 3 is 2.43 bits per heavy atom. The minimum absolute atomic E-state index is 0.118. The number of fused-ring (bicyclic) bond motifs is 1. The number of hydrogen-bond acceptors (Lipinski definition) is 5. The number of aromatic nitrogens is 3. The fourth-order valence-electron chi connectivity index (χ4n) is 5.65. The SMILES string of the molecule is Cc1noc(C)c1-c1ccc2c(c1)nc([C@@H]1CCCC(=O)N1c1ccc(F)c(F)c1)n2-c1ccc(N)c(C(F)(F)F)c1. The molecule has 3 heterocycles. The van der Waals surface area contributed by atoms with E-state index in [1.165, 1.54) is 23.1 Å². The zero-order chi connectivity index (χ0) is 29.9. The smallest absolute Gasteiger partial charge is 0.398 e. The van der Waals surface area contributed by atoms with Crippen molar-refractivity contribution in [3.63, 3.8) is 0 Å². The number of nitrogens with two attached hydrogens (primary N) is 1. The van der Waals surface area contributed by atoms with Gasteiger partial charge in [0.15, 0.2) is 11.6 Å². The third-order valence-electron chi connectivity index (χ3n) is 7.53. The number of anilines is 2. The summed E-state index contributed by atoms with van der Waals surface area (Å²) in [6, 6.07) is 11.2. The van der Waals surface area contributed by atoms with Crippen LogP contribution >= 0.6 is 0 Å². The molecule has 0 bridgehead atoms. The quantitative estimate of drug-likeness (QED) is 0.176. The molecule has 1 aliphatic heterocycles. The largest absolute Gasteiger partial charge is 0.418 e. The molecule has 5 aromatic rings. The molecule has 1 fully saturated rings. The minimum Gasteiger partial charge on any atom is -0.398 e. The fourth-order valence-corrected chi connectivity index (χ4v) is 5.65. The number of halogens is 5. The van der Waals surface area contributed by atoms with E-state index in [0.29, 0.717) is 35.3 Å². The molecular formula is C30H24F5N5O2. The van der Waals surface area contributed by atoms with Gasteiger partial charge in [0.2, 0.25) is 5.91 Å². The third kappa shape index (κ3) is 4.56. The van der Waals surface area contributed by atoms with Gasteiger partial charge in [-0.25, -0.2) is 13.8 Å². The number of carbonyl (C=O) groups excluding carboxylic acids is 1. The Balaban J connectivity index is 1.61. The first-order valence-electron chi connectivity index (χ1n) is 13.1. The Hall–Kier alpha value is -4.74. The second-order valence-corrected chi connectivity index (χ2v) is 10.2. The van der Waals surface area contributed by atoms with Crippen molar-refractivity contribution in [3.8, 4) is 16.8 Å². The lowest BCUT2D eigenvalue weighted by Crippen LogP contribution is -2.39. The van der Waals surface area contributed by atoms with Crippen LogP contribution in [0.2, 0.25) is 0 Å². The fraction of sp³-hybridized carbons (Fsp3) is 0.233. The first kappa shape index (κ1) is 27.4. The maximum atomic E-state index is 14.3. The molecule has 1 aliphatic rings. The van der Waals surface area contributed by atoms with Crippen LogP contribution in [-0.4, -0.2) is 20.6 Å². The molecule has 7 nitrogen and oxygen atoms in total. The summed E-state index contributed by atoms with van der Waals surface area (Å²) in [5.74, 6) is -1.70. The molecule has 2 N–H and O–H groups in total. The van der Waals surface area contributed by atoms with Gasteiger partial charge in [0.1, 0.15) is 11.6 Å². The monoisotopic (exact) mass is 581 g/mol. The number of amides is 1. The third-order valence-corrected chi connectivity index (χ3v) is 7.53. The molecule has 0 radical (unpaired) electrons. The Bertz CT molecular complexity index is 1840. The Morgan fingerprint density at radius 2 is 1.74 bits per heavy atom. The summed E-state index contributed by atoms with van der Waals surface area (Å²) in [6.45, 7) is 3.56. The maximum Gasteiger partial charge on any atom is 0.418 e. The van der Waals surface area contributed by atoms with Gasteiger partial charge in [-0.05, 0) is 74.7 Å². The van der Waals surface area contributed by atoms with Crippen molar-refractivity contribution in [3.05, 3.63) is 89.1 Å². The van der Waals surface area contributed by atoms with Crippen LogP contribution < -0.4 is 10.6 Å². The second-order valence-electron chi connectivity index (χ2n) is 10.2. The second kappa shape index (κ2) is 9.97. The van der Waals surface area contributed by atoms with Gasteiger partial charge in [0, 0.05) is 35.1 Å². The van der Waals surface area contributed by atoms with Crippen molar-refractivity contribution in [2.24, 2.45) is 0 Å². The summed E-state index contributed by atoms with van der Waals surface area (Å²) in [5, 5.41) is 4.00. The van der Waals surface area contributed by atoms with Gasteiger partial charge in [0.05, 0.1) is 28.3 Å². The summed E-state index contributed by atoms with van der Waals surface area (Å²) < 4.78 is 76.6. The summed E-state index contributed by atoms with van der Waals surface area (Å²) in [6.07, 6.45) is -3.71. The molecule has 6 rings (SSSR count). The van der Waals surface area contributed by atoms with Gasteiger partial charge in [0.25, 0.3) is 0 Å². The van der Waals surface area contributed by atoms with Gasteiger partial charge in [-0.2, -0.15) is 13.2 Å². The molecule has 1 amide bonds. The first-order valence-corrected chi connectivity index (χ1v) is 13.1. The lowest BCUT2D eigenvalue weighted by Gasteiger charge is -2.35. The number of carbonyl (C=O) groups is 1. The van der Waals surface area contributed by atoms with Crippen molar-refractivity contribution >= 4 is 28.3 Å². The molecule has 2 aromatic heterocycles. The molecule has 216 valence electrons. The van der Waals surface area contributed by atoms with Crippen LogP contribution in [0.4, 0.5) is 33.3 Å². The highest BCUT2D eigenvalue weighted by Gasteiger charge is 2.37. The van der Waals surface area contributed by atoms with E-state index in [9.17, 15) is 26.7 Å². The molecule has 0 unspecified atom stereocenters. The number of benzene rings is 3. The molecular weight excluding hydrogens is 557 g/mol. The molecule has 3 aromatic carbocycles. The molecule has 0 spiro atoms. The number of nitrogens with zero attached hydrogens (tertiary/aromatic N) is 4. The molecule has 0 saturated carbocycles. The highest BCUT2D eigenvalue weighted by Crippen LogP contribution is 2.41. The van der Waals surface area contributed by atoms with Gasteiger partial charge >= 0.3 is 6.18 Å². The molecule has 1 atom stereocenters. The number of nitrogen functional groups attached to an aromatic ring is 1. The van der Waals surface area contributed by atoms with Gasteiger partial charge < -0.3 is 15.2 Å². The number of aryl methyl sites for hydroxylation is 2. The molecule has 1 saturated heterocycles. The van der Waals surface area contributed by atoms with Gasteiger partial charge in [-0.15, -0.1) is 0 Å². The van der Waals surface area contributed by atoms with Crippen LogP contribution in [0.5, 0.6) is 0 Å². The van der Waals surface area contributed by atoms with Crippen molar-refractivity contribution < 1.29 is 31.3 Å². The molecule has 42 heavy (non-hydrogen) atoms. The maximum absolute atomic E-state index is 14.3. The number of alkyl halides is 3. The summed E-state index contributed by atoms with van der Waals surface area (Å²) in [7, 11) is 0. The number of piperidine rings is 1. The summed E-state index contributed by atoms with van der Waals surface area (Å²) in [5.41, 5.74) is 7.55. The van der Waals surface area contributed by atoms with E-state index in [0.717, 1.165) is 29.3 Å². The first-order chi connectivity index (χ1) is 19.9. The van der Waals surface area contributed by atoms with Crippen LogP contribution in [0.3, 0.4) is 0 Å². The Kier molecular flexibility index (Phi) is 6.51. The van der Waals surface area contributed by atoms with E-state index in [4.69, 9.17) is 15.2 Å². The lowest BCUT2D eigenvalue weighted by molar-refractivity contribution is -0.136. The van der Waals surface area contributed by atoms with Crippen LogP contribution in [0.15, 0.2) is 59.1 Å². The zero-order valence-electron chi connectivity index (χ0n) is 22.5. The van der Waals surface area contributed by atoms with E-state index < -0.39 is 35.1 Å². The average molecular weight is 582 g/mol. The Morgan fingerprint density at radius 1 is 0.976 bits per heavy atom. The molecule has 0 aliphatic carbocycles. The summed E-state index contributed by atoms with van der Waals surface area (Å²) >= 11 is 0. The predicted octanol–water partition coefficient (Wildman–Crippen LogP) is 7.43. The van der Waals surface area contributed by atoms with Crippen LogP contribution in [0.25, 0.3) is 27.8 Å². The highest BCUT2D eigenvalue weighted by molar-refractivity contribution is 5.95. The van der Waals surface area contributed by atoms with Crippen molar-refractivity contribution in [2.75, 3.05) is 10.6 Å². The highest BCUT2D eigenvalue weighted by atomic mass is 19.4. The van der Waals surface area contributed by atoms with Crippen LogP contribution in [0, 0.1) is 25.5 Å². The van der Waals surface area contributed by atoms with Crippen LogP contribution in [-0.2, 0) is 11.0 Å². The van der Waals surface area contributed by atoms with Gasteiger partial charge in [-0.1, -0.05) is 11.2 Å². The topological polar surface area (TPSA) is 90.2 Å². The lowest BCUT2D eigenvalue weighted by atomic mass is 9.99. The van der Waals surface area contributed by atoms with E-state index in [2.05, 4.69) is 5.16 Å². The molecule has 12 heteroatoms. The number of imidazole rings is 1. The van der Waals surface area contributed by atoms with Gasteiger partial charge in [-0.3, -0.25) is 9.36 Å². The van der Waals surface area contributed by atoms with E-state index in [1.54, 1.807) is 36.6 Å². The zero-order valence-corrected chi connectivity index (χ0v) is 22.5. The average Bonchev–Trinajstić information content (AvgIpc) is 3.48. The minimum atomic E-state index is -4.72. The van der Waals surface area contributed by atoms with Crippen molar-refractivity contribution in [2.45, 2.75) is 45.3 Å². The van der Waals surface area contributed by atoms with E-state index >= 15 is 0 Å². The Labute approximate surface area is 236 Å². The number of rotatable bonds is 4. The summed E-state index contributed by atoms with van der Waals surface area (Å²) in [4.78, 5) is 19.4.